The van der Waals surface area contributed by atoms with Crippen molar-refractivity contribution in [1.29, 1.82) is 0 Å². The highest BCUT2D eigenvalue weighted by Gasteiger charge is 2.09. The predicted molar refractivity (Wildman–Crippen MR) is 71.3 cm³/mol. The molecule has 0 radical (unpaired) electrons. The van der Waals surface area contributed by atoms with Gasteiger partial charge in [-0.15, -0.1) is 0 Å². The van der Waals surface area contributed by atoms with E-state index in [0.29, 0.717) is 10.2 Å². The Morgan fingerprint density at radius 1 is 1.33 bits per heavy atom. The number of hydrogen-bond donors (Lipinski definition) is 1. The predicted octanol–water partition coefficient (Wildman–Crippen LogP) is 3.89. The average Bonchev–Trinajstić information content (AvgIpc) is 2.33. The van der Waals surface area contributed by atoms with Gasteiger partial charge in [-0.05, 0) is 46.3 Å². The number of pyridine rings is 1. The molecule has 1 aromatic carbocycles. The first-order valence-corrected chi connectivity index (χ1v) is 6.11. The van der Waals surface area contributed by atoms with E-state index in [9.17, 15) is 9.18 Å². The molecule has 0 spiro atoms. The summed E-state index contributed by atoms with van der Waals surface area (Å²) in [4.78, 5) is 15.7. The van der Waals surface area contributed by atoms with Gasteiger partial charge < -0.3 is 5.32 Å². The number of hydrogen-bond acceptors (Lipinski definition) is 2. The largest absolute Gasteiger partial charge is 0.319 e. The second-order valence-corrected chi connectivity index (χ2v) is 4.70. The highest BCUT2D eigenvalue weighted by Crippen LogP contribution is 2.19. The van der Waals surface area contributed by atoms with Crippen molar-refractivity contribution in [3.8, 4) is 0 Å². The molecule has 1 aromatic heterocycles. The smallest absolute Gasteiger partial charge is 0.257 e. The molecule has 0 aliphatic heterocycles. The van der Waals surface area contributed by atoms with Crippen molar-refractivity contribution in [3.05, 3.63) is 57.5 Å². The van der Waals surface area contributed by atoms with Crippen LogP contribution in [0.5, 0.6) is 0 Å². The van der Waals surface area contributed by atoms with E-state index in [0.717, 1.165) is 6.07 Å². The van der Waals surface area contributed by atoms with Crippen molar-refractivity contribution in [2.45, 2.75) is 0 Å². The van der Waals surface area contributed by atoms with E-state index in [1.165, 1.54) is 18.3 Å². The Kier molecular flexibility index (Phi) is 3.93. The number of benzene rings is 1. The van der Waals surface area contributed by atoms with Crippen molar-refractivity contribution < 1.29 is 9.18 Å². The van der Waals surface area contributed by atoms with Crippen molar-refractivity contribution in [3.63, 3.8) is 0 Å². The number of nitrogens with zero attached hydrogens (tertiary/aromatic N) is 1. The highest BCUT2D eigenvalue weighted by molar-refractivity contribution is 9.10. The molecule has 1 heterocycles. The van der Waals surface area contributed by atoms with Gasteiger partial charge >= 0.3 is 0 Å². The van der Waals surface area contributed by atoms with Crippen LogP contribution in [0.4, 0.5) is 10.1 Å². The lowest BCUT2D eigenvalue weighted by atomic mass is 10.2. The van der Waals surface area contributed by atoms with E-state index in [1.54, 1.807) is 12.1 Å². The lowest BCUT2D eigenvalue weighted by Crippen LogP contribution is -2.13. The Morgan fingerprint density at radius 2 is 2.11 bits per heavy atom. The van der Waals surface area contributed by atoms with Crippen LogP contribution < -0.4 is 5.32 Å². The van der Waals surface area contributed by atoms with Crippen molar-refractivity contribution in [1.82, 2.24) is 4.98 Å². The van der Waals surface area contributed by atoms with Gasteiger partial charge in [-0.25, -0.2) is 9.37 Å². The molecule has 0 bridgehead atoms. The number of aromatic nitrogens is 1. The van der Waals surface area contributed by atoms with Gasteiger partial charge in [0.05, 0.1) is 11.3 Å². The number of nitrogens with one attached hydrogen (secondary N) is 1. The standard InChI is InChI=1S/C12H7BrClFN2O/c13-11-4-1-7(6-16-11)12(18)17-10-3-2-8(14)5-9(10)15/h1-6H,(H,17,18). The monoisotopic (exact) mass is 328 g/mol. The molecule has 1 amide bonds. The third-order valence-corrected chi connectivity index (χ3v) is 2.87. The first-order chi connectivity index (χ1) is 8.56. The third-order valence-electron chi connectivity index (χ3n) is 2.17. The van der Waals surface area contributed by atoms with Crippen LogP contribution in [0.15, 0.2) is 41.1 Å². The fourth-order valence-electron chi connectivity index (χ4n) is 1.30. The Bertz CT molecular complexity index is 589. The summed E-state index contributed by atoms with van der Waals surface area (Å²) in [5, 5.41) is 2.72. The van der Waals surface area contributed by atoms with Crippen LogP contribution in [0.3, 0.4) is 0 Å². The minimum atomic E-state index is -0.582. The van der Waals surface area contributed by atoms with E-state index in [1.807, 2.05) is 0 Å². The molecular weight excluding hydrogens is 322 g/mol. The third kappa shape index (κ3) is 3.05. The lowest BCUT2D eigenvalue weighted by molar-refractivity contribution is 0.102. The SMILES string of the molecule is O=C(Nc1ccc(Cl)cc1F)c1ccc(Br)nc1. The first kappa shape index (κ1) is 13.0. The lowest BCUT2D eigenvalue weighted by Gasteiger charge is -2.06. The minimum Gasteiger partial charge on any atom is -0.319 e. The maximum atomic E-state index is 13.5. The summed E-state index contributed by atoms with van der Waals surface area (Å²) in [5.74, 6) is -1.02. The zero-order valence-corrected chi connectivity index (χ0v) is 11.3. The van der Waals surface area contributed by atoms with Crippen LogP contribution in [0.2, 0.25) is 5.02 Å². The maximum absolute atomic E-state index is 13.5. The molecule has 6 heteroatoms. The van der Waals surface area contributed by atoms with Crippen LogP contribution in [0.25, 0.3) is 0 Å². The zero-order valence-electron chi connectivity index (χ0n) is 8.95. The van der Waals surface area contributed by atoms with Gasteiger partial charge in [-0.2, -0.15) is 0 Å². The molecular formula is C12H7BrClFN2O. The number of carbonyl (C=O) groups is 1. The summed E-state index contributed by atoms with van der Waals surface area (Å²) in [6.07, 6.45) is 1.40. The molecule has 0 fully saturated rings. The normalized spacial score (nSPS) is 10.2. The highest BCUT2D eigenvalue weighted by atomic mass is 79.9. The minimum absolute atomic E-state index is 0.0762. The summed E-state index contributed by atoms with van der Waals surface area (Å²) in [6.45, 7) is 0. The van der Waals surface area contributed by atoms with E-state index in [2.05, 4.69) is 26.2 Å². The van der Waals surface area contributed by atoms with Crippen LogP contribution in [-0.2, 0) is 0 Å². The number of amides is 1. The van der Waals surface area contributed by atoms with Gasteiger partial charge in [0, 0.05) is 11.2 Å². The van der Waals surface area contributed by atoms with Gasteiger partial charge in [0.1, 0.15) is 10.4 Å². The summed E-state index contributed by atoms with van der Waals surface area (Å²) in [6, 6.07) is 7.26. The van der Waals surface area contributed by atoms with Crippen LogP contribution in [0.1, 0.15) is 10.4 Å². The molecule has 0 saturated carbocycles. The summed E-state index contributed by atoms with van der Waals surface area (Å²) in [7, 11) is 0. The van der Waals surface area contributed by atoms with Crippen LogP contribution in [0, 0.1) is 5.82 Å². The quantitative estimate of drug-likeness (QED) is 0.849. The van der Waals surface area contributed by atoms with E-state index < -0.39 is 11.7 Å². The number of anilines is 1. The molecule has 2 aromatic rings. The van der Waals surface area contributed by atoms with Gasteiger partial charge in [-0.3, -0.25) is 4.79 Å². The summed E-state index contributed by atoms with van der Waals surface area (Å²) < 4.78 is 14.1. The van der Waals surface area contributed by atoms with Gasteiger partial charge in [0.25, 0.3) is 5.91 Å². The summed E-state index contributed by atoms with van der Waals surface area (Å²) in [5.41, 5.74) is 0.417. The van der Waals surface area contributed by atoms with E-state index in [4.69, 9.17) is 11.6 Å². The Labute approximate surface area is 116 Å². The number of carbonyl (C=O) groups excluding carboxylic acids is 1. The Morgan fingerprint density at radius 3 is 2.72 bits per heavy atom. The van der Waals surface area contributed by atoms with Crippen molar-refractivity contribution >= 4 is 39.1 Å². The Balaban J connectivity index is 2.18. The average molecular weight is 330 g/mol. The molecule has 0 atom stereocenters. The number of rotatable bonds is 2. The second-order valence-electron chi connectivity index (χ2n) is 3.45. The molecule has 0 aliphatic carbocycles. The first-order valence-electron chi connectivity index (χ1n) is 4.94. The van der Waals surface area contributed by atoms with Gasteiger partial charge in [0.2, 0.25) is 0 Å². The topological polar surface area (TPSA) is 42.0 Å². The zero-order chi connectivity index (χ0) is 13.1. The van der Waals surface area contributed by atoms with E-state index in [-0.39, 0.29) is 10.7 Å². The maximum Gasteiger partial charge on any atom is 0.257 e. The van der Waals surface area contributed by atoms with Crippen LogP contribution in [-0.4, -0.2) is 10.9 Å². The molecule has 18 heavy (non-hydrogen) atoms. The second kappa shape index (κ2) is 5.46. The fraction of sp³-hybridized carbons (Fsp3) is 0. The van der Waals surface area contributed by atoms with E-state index >= 15 is 0 Å². The molecule has 0 saturated heterocycles. The number of halogens is 3. The van der Waals surface area contributed by atoms with Crippen molar-refractivity contribution in [2.75, 3.05) is 5.32 Å². The molecule has 1 N–H and O–H groups in total. The van der Waals surface area contributed by atoms with Crippen molar-refractivity contribution in [2.24, 2.45) is 0 Å². The molecule has 3 nitrogen and oxygen atoms in total. The molecule has 0 aliphatic rings. The fourth-order valence-corrected chi connectivity index (χ4v) is 1.69. The summed E-state index contributed by atoms with van der Waals surface area (Å²) >= 11 is 8.78. The van der Waals surface area contributed by atoms with Crippen LogP contribution >= 0.6 is 27.5 Å². The Hall–Kier alpha value is -1.46. The molecule has 0 unspecified atom stereocenters. The molecule has 2 rings (SSSR count). The molecule has 92 valence electrons. The van der Waals surface area contributed by atoms with Gasteiger partial charge in [0.15, 0.2) is 0 Å². The van der Waals surface area contributed by atoms with Gasteiger partial charge in [-0.1, -0.05) is 11.6 Å².